The van der Waals surface area contributed by atoms with Crippen LogP contribution in [0.15, 0.2) is 36.4 Å². The SMILES string of the molecule is CCN(CC)[C@H](CN)c1c(OC)ccc2ccccc12. The summed E-state index contributed by atoms with van der Waals surface area (Å²) in [4.78, 5) is 2.38. The van der Waals surface area contributed by atoms with Gasteiger partial charge in [0.2, 0.25) is 0 Å². The van der Waals surface area contributed by atoms with Crippen molar-refractivity contribution in [2.75, 3.05) is 26.7 Å². The monoisotopic (exact) mass is 272 g/mol. The zero-order valence-corrected chi connectivity index (χ0v) is 12.6. The predicted octanol–water partition coefficient (Wildman–Crippen LogP) is 3.19. The highest BCUT2D eigenvalue weighted by Crippen LogP contribution is 2.35. The van der Waals surface area contributed by atoms with Crippen LogP contribution in [0.25, 0.3) is 10.8 Å². The zero-order chi connectivity index (χ0) is 14.5. The molecule has 2 aromatic carbocycles. The van der Waals surface area contributed by atoms with Crippen molar-refractivity contribution in [1.82, 2.24) is 4.90 Å². The molecule has 2 aromatic rings. The van der Waals surface area contributed by atoms with Crippen molar-refractivity contribution in [2.24, 2.45) is 5.73 Å². The Bertz CT molecular complexity index is 564. The second-order valence-corrected chi connectivity index (χ2v) is 4.88. The van der Waals surface area contributed by atoms with E-state index in [9.17, 15) is 0 Å². The third kappa shape index (κ3) is 2.65. The Kier molecular flexibility index (Phi) is 4.99. The standard InChI is InChI=1S/C17H24N2O/c1-4-19(5-2)15(12-18)17-14-9-7-6-8-13(14)10-11-16(17)20-3/h6-11,15H,4-5,12,18H2,1-3H3/t15-/m1/s1. The lowest BCUT2D eigenvalue weighted by atomic mass is 9.96. The highest BCUT2D eigenvalue weighted by Gasteiger charge is 2.22. The number of rotatable bonds is 6. The molecule has 0 saturated carbocycles. The van der Waals surface area contributed by atoms with E-state index in [1.165, 1.54) is 16.3 Å². The molecule has 0 aliphatic rings. The van der Waals surface area contributed by atoms with Gasteiger partial charge in [0.15, 0.2) is 0 Å². The van der Waals surface area contributed by atoms with Crippen molar-refractivity contribution in [2.45, 2.75) is 19.9 Å². The third-order valence-electron chi connectivity index (χ3n) is 3.96. The van der Waals surface area contributed by atoms with Crippen molar-refractivity contribution in [3.63, 3.8) is 0 Å². The molecule has 0 aliphatic carbocycles. The molecule has 0 aliphatic heterocycles. The Morgan fingerprint density at radius 2 is 1.80 bits per heavy atom. The van der Waals surface area contributed by atoms with Crippen molar-refractivity contribution in [3.8, 4) is 5.75 Å². The maximum absolute atomic E-state index is 6.07. The highest BCUT2D eigenvalue weighted by atomic mass is 16.5. The summed E-state index contributed by atoms with van der Waals surface area (Å²) in [5, 5.41) is 2.46. The van der Waals surface area contributed by atoms with Crippen LogP contribution >= 0.6 is 0 Å². The minimum Gasteiger partial charge on any atom is -0.496 e. The van der Waals surface area contributed by atoms with Gasteiger partial charge in [-0.3, -0.25) is 4.90 Å². The number of nitrogens with zero attached hydrogens (tertiary/aromatic N) is 1. The number of likely N-dealkylation sites (N-methyl/N-ethyl adjacent to an activating group) is 1. The van der Waals surface area contributed by atoms with E-state index in [1.807, 2.05) is 6.07 Å². The van der Waals surface area contributed by atoms with Gasteiger partial charge in [-0.05, 0) is 29.9 Å². The van der Waals surface area contributed by atoms with Gasteiger partial charge < -0.3 is 10.5 Å². The van der Waals surface area contributed by atoms with Gasteiger partial charge >= 0.3 is 0 Å². The fraction of sp³-hybridized carbons (Fsp3) is 0.412. The Morgan fingerprint density at radius 1 is 1.10 bits per heavy atom. The van der Waals surface area contributed by atoms with Gasteiger partial charge in [0, 0.05) is 12.1 Å². The Hall–Kier alpha value is -1.58. The highest BCUT2D eigenvalue weighted by molar-refractivity contribution is 5.88. The van der Waals surface area contributed by atoms with Crippen LogP contribution in [-0.2, 0) is 0 Å². The molecule has 0 spiro atoms. The number of methoxy groups -OCH3 is 1. The van der Waals surface area contributed by atoms with Crippen LogP contribution in [0, 0.1) is 0 Å². The van der Waals surface area contributed by atoms with Crippen LogP contribution in [0.3, 0.4) is 0 Å². The molecule has 1 atom stereocenters. The maximum Gasteiger partial charge on any atom is 0.124 e. The maximum atomic E-state index is 6.07. The molecule has 0 saturated heterocycles. The lowest BCUT2D eigenvalue weighted by Crippen LogP contribution is -2.33. The minimum atomic E-state index is 0.186. The second kappa shape index (κ2) is 6.73. The van der Waals surface area contributed by atoms with E-state index in [0.717, 1.165) is 18.8 Å². The fourth-order valence-electron chi connectivity index (χ4n) is 2.91. The number of ether oxygens (including phenoxy) is 1. The molecule has 0 bridgehead atoms. The molecule has 2 N–H and O–H groups in total. The first-order chi connectivity index (χ1) is 9.76. The molecule has 20 heavy (non-hydrogen) atoms. The summed E-state index contributed by atoms with van der Waals surface area (Å²) < 4.78 is 5.59. The van der Waals surface area contributed by atoms with E-state index in [-0.39, 0.29) is 6.04 Å². The Labute approximate surface area is 121 Å². The molecular formula is C17H24N2O. The van der Waals surface area contributed by atoms with Crippen LogP contribution < -0.4 is 10.5 Å². The fourth-order valence-corrected chi connectivity index (χ4v) is 2.91. The number of hydrogen-bond acceptors (Lipinski definition) is 3. The second-order valence-electron chi connectivity index (χ2n) is 4.88. The topological polar surface area (TPSA) is 38.5 Å². The summed E-state index contributed by atoms with van der Waals surface area (Å²) in [6.45, 7) is 6.88. The minimum absolute atomic E-state index is 0.186. The number of fused-ring (bicyclic) bond motifs is 1. The molecule has 0 radical (unpaired) electrons. The summed E-state index contributed by atoms with van der Waals surface area (Å²) in [7, 11) is 1.73. The summed E-state index contributed by atoms with van der Waals surface area (Å²) in [6.07, 6.45) is 0. The van der Waals surface area contributed by atoms with Gasteiger partial charge in [0.1, 0.15) is 5.75 Å². The van der Waals surface area contributed by atoms with Gasteiger partial charge in [0.25, 0.3) is 0 Å². The average molecular weight is 272 g/mol. The summed E-state index contributed by atoms with van der Waals surface area (Å²) in [5.74, 6) is 0.922. The average Bonchev–Trinajstić information content (AvgIpc) is 2.51. The van der Waals surface area contributed by atoms with Crippen LogP contribution in [0.2, 0.25) is 0 Å². The molecule has 0 amide bonds. The summed E-state index contributed by atoms with van der Waals surface area (Å²) >= 11 is 0. The van der Waals surface area contributed by atoms with Gasteiger partial charge in [-0.2, -0.15) is 0 Å². The quantitative estimate of drug-likeness (QED) is 0.877. The number of nitrogens with two attached hydrogens (primary N) is 1. The molecular weight excluding hydrogens is 248 g/mol. The van der Waals surface area contributed by atoms with E-state index in [2.05, 4.69) is 49.1 Å². The van der Waals surface area contributed by atoms with Gasteiger partial charge in [0.05, 0.1) is 13.2 Å². The largest absolute Gasteiger partial charge is 0.496 e. The van der Waals surface area contributed by atoms with Crippen molar-refractivity contribution < 1.29 is 4.74 Å². The van der Waals surface area contributed by atoms with E-state index in [4.69, 9.17) is 10.5 Å². The lowest BCUT2D eigenvalue weighted by molar-refractivity contribution is 0.221. The van der Waals surface area contributed by atoms with Crippen LogP contribution in [-0.4, -0.2) is 31.6 Å². The molecule has 0 fully saturated rings. The molecule has 0 aromatic heterocycles. The Morgan fingerprint density at radius 3 is 2.40 bits per heavy atom. The Balaban J connectivity index is 2.65. The van der Waals surface area contributed by atoms with Crippen LogP contribution in [0.1, 0.15) is 25.5 Å². The molecule has 0 heterocycles. The molecule has 0 unspecified atom stereocenters. The van der Waals surface area contributed by atoms with Gasteiger partial charge in [-0.15, -0.1) is 0 Å². The van der Waals surface area contributed by atoms with Gasteiger partial charge in [-0.25, -0.2) is 0 Å². The molecule has 2 rings (SSSR count). The molecule has 108 valence electrons. The van der Waals surface area contributed by atoms with Crippen LogP contribution in [0.5, 0.6) is 5.75 Å². The number of hydrogen-bond donors (Lipinski definition) is 1. The van der Waals surface area contributed by atoms with E-state index >= 15 is 0 Å². The summed E-state index contributed by atoms with van der Waals surface area (Å²) in [5.41, 5.74) is 7.28. The number of benzene rings is 2. The van der Waals surface area contributed by atoms with Crippen molar-refractivity contribution >= 4 is 10.8 Å². The van der Waals surface area contributed by atoms with E-state index < -0.39 is 0 Å². The predicted molar refractivity (Wildman–Crippen MR) is 85.2 cm³/mol. The smallest absolute Gasteiger partial charge is 0.124 e. The molecule has 3 nitrogen and oxygen atoms in total. The first-order valence-corrected chi connectivity index (χ1v) is 7.26. The van der Waals surface area contributed by atoms with Gasteiger partial charge in [-0.1, -0.05) is 44.2 Å². The summed E-state index contributed by atoms with van der Waals surface area (Å²) in [6, 6.07) is 12.8. The van der Waals surface area contributed by atoms with Crippen LogP contribution in [0.4, 0.5) is 0 Å². The first kappa shape index (κ1) is 14.8. The van der Waals surface area contributed by atoms with E-state index in [0.29, 0.717) is 6.54 Å². The van der Waals surface area contributed by atoms with E-state index in [1.54, 1.807) is 7.11 Å². The zero-order valence-electron chi connectivity index (χ0n) is 12.6. The molecule has 3 heteroatoms. The van der Waals surface area contributed by atoms with Crippen molar-refractivity contribution in [3.05, 3.63) is 42.0 Å². The third-order valence-corrected chi connectivity index (χ3v) is 3.96. The normalized spacial score (nSPS) is 12.8. The first-order valence-electron chi connectivity index (χ1n) is 7.26. The van der Waals surface area contributed by atoms with Crippen molar-refractivity contribution in [1.29, 1.82) is 0 Å². The lowest BCUT2D eigenvalue weighted by Gasteiger charge is -2.31.